The van der Waals surface area contributed by atoms with E-state index in [2.05, 4.69) is 4.90 Å². The average Bonchev–Trinajstić information content (AvgIpc) is 2.47. The highest BCUT2D eigenvalue weighted by molar-refractivity contribution is 7.89. The number of piperazine rings is 1. The van der Waals surface area contributed by atoms with Crippen LogP contribution in [-0.2, 0) is 10.0 Å². The molecule has 1 saturated heterocycles. The molecule has 0 unspecified atom stereocenters. The lowest BCUT2D eigenvalue weighted by Gasteiger charge is -2.33. The number of nitrogens with zero attached hydrogens (tertiary/aromatic N) is 3. The zero-order valence-corrected chi connectivity index (χ0v) is 13.1. The second kappa shape index (κ2) is 6.27. The molecule has 0 aliphatic carbocycles. The predicted octanol–water partition coefficient (Wildman–Crippen LogP) is 1.57. The predicted molar refractivity (Wildman–Crippen MR) is 79.0 cm³/mol. The van der Waals surface area contributed by atoms with Crippen LogP contribution in [0.25, 0.3) is 0 Å². The van der Waals surface area contributed by atoms with Crippen LogP contribution in [0, 0.1) is 10.1 Å². The van der Waals surface area contributed by atoms with Crippen LogP contribution in [-0.4, -0.2) is 55.3 Å². The van der Waals surface area contributed by atoms with Crippen molar-refractivity contribution in [3.8, 4) is 0 Å². The van der Waals surface area contributed by atoms with Gasteiger partial charge in [0.05, 0.1) is 9.95 Å². The molecule has 0 saturated carbocycles. The molecule has 1 aromatic carbocycles. The zero-order chi connectivity index (χ0) is 15.6. The van der Waals surface area contributed by atoms with Crippen LogP contribution in [0.15, 0.2) is 23.1 Å². The molecule has 1 fully saturated rings. The maximum atomic E-state index is 12.6. The van der Waals surface area contributed by atoms with Gasteiger partial charge in [0.25, 0.3) is 5.69 Å². The molecular formula is C12H16ClN3O4S. The summed E-state index contributed by atoms with van der Waals surface area (Å²) < 4.78 is 26.5. The molecule has 0 aromatic heterocycles. The second-order valence-electron chi connectivity index (χ2n) is 4.71. The van der Waals surface area contributed by atoms with Gasteiger partial charge in [-0.1, -0.05) is 18.5 Å². The van der Waals surface area contributed by atoms with Crippen LogP contribution < -0.4 is 0 Å². The molecule has 1 heterocycles. The lowest BCUT2D eigenvalue weighted by Crippen LogP contribution is -2.48. The maximum Gasteiger partial charge on any atom is 0.270 e. The molecule has 0 bridgehead atoms. The Balaban J connectivity index is 2.32. The Morgan fingerprint density at radius 1 is 1.29 bits per heavy atom. The molecule has 9 heteroatoms. The molecule has 116 valence electrons. The first kappa shape index (κ1) is 16.2. The fraction of sp³-hybridized carbons (Fsp3) is 0.500. The number of halogens is 1. The quantitative estimate of drug-likeness (QED) is 0.617. The summed E-state index contributed by atoms with van der Waals surface area (Å²) in [6, 6.07) is 3.45. The van der Waals surface area contributed by atoms with Gasteiger partial charge in [-0.2, -0.15) is 4.31 Å². The number of hydrogen-bond donors (Lipinski definition) is 0. The average molecular weight is 334 g/mol. The van der Waals surface area contributed by atoms with Gasteiger partial charge >= 0.3 is 0 Å². The van der Waals surface area contributed by atoms with Crippen molar-refractivity contribution in [2.75, 3.05) is 32.7 Å². The molecule has 21 heavy (non-hydrogen) atoms. The van der Waals surface area contributed by atoms with E-state index in [1.54, 1.807) is 0 Å². The highest BCUT2D eigenvalue weighted by atomic mass is 35.5. The normalized spacial score (nSPS) is 17.8. The maximum absolute atomic E-state index is 12.6. The molecule has 1 aliphatic rings. The fourth-order valence-corrected chi connectivity index (χ4v) is 4.14. The SMILES string of the molecule is CCN1CCN(S(=O)(=O)c2cc([N+](=O)[O-])ccc2Cl)CC1. The Morgan fingerprint density at radius 2 is 1.90 bits per heavy atom. The number of benzene rings is 1. The molecule has 1 aromatic rings. The van der Waals surface area contributed by atoms with E-state index in [0.29, 0.717) is 26.2 Å². The van der Waals surface area contributed by atoms with E-state index in [1.165, 1.54) is 16.4 Å². The summed E-state index contributed by atoms with van der Waals surface area (Å²) in [4.78, 5) is 12.1. The standard InChI is InChI=1S/C12H16ClN3O4S/c1-2-14-5-7-15(8-6-14)21(19,20)12-9-10(16(17)18)3-4-11(12)13/h3-4,9H,2,5-8H2,1H3. The summed E-state index contributed by atoms with van der Waals surface area (Å²) in [5.74, 6) is 0. The van der Waals surface area contributed by atoms with Crippen LogP contribution in [0.3, 0.4) is 0 Å². The van der Waals surface area contributed by atoms with Crippen LogP contribution in [0.2, 0.25) is 5.02 Å². The Labute approximate surface area is 128 Å². The molecule has 0 N–H and O–H groups in total. The van der Waals surface area contributed by atoms with Gasteiger partial charge in [0.1, 0.15) is 4.90 Å². The molecule has 0 spiro atoms. The summed E-state index contributed by atoms with van der Waals surface area (Å²) in [6.45, 7) is 4.88. The molecule has 1 aliphatic heterocycles. The minimum Gasteiger partial charge on any atom is -0.301 e. The molecular weight excluding hydrogens is 318 g/mol. The van der Waals surface area contributed by atoms with Gasteiger partial charge in [0.2, 0.25) is 10.0 Å². The summed E-state index contributed by atoms with van der Waals surface area (Å²) in [5, 5.41) is 10.8. The lowest BCUT2D eigenvalue weighted by atomic mass is 10.3. The largest absolute Gasteiger partial charge is 0.301 e. The number of nitro groups is 1. The summed E-state index contributed by atoms with van der Waals surface area (Å²) >= 11 is 5.92. The van der Waals surface area contributed by atoms with Crippen molar-refractivity contribution in [3.05, 3.63) is 33.3 Å². The van der Waals surface area contributed by atoms with Gasteiger partial charge in [-0.05, 0) is 12.6 Å². The third-order valence-corrected chi connectivity index (χ3v) is 5.90. The third-order valence-electron chi connectivity index (χ3n) is 3.52. The van der Waals surface area contributed by atoms with E-state index in [9.17, 15) is 18.5 Å². The second-order valence-corrected chi connectivity index (χ2v) is 7.02. The van der Waals surface area contributed by atoms with Crippen LogP contribution in [0.5, 0.6) is 0 Å². The van der Waals surface area contributed by atoms with Crippen molar-refractivity contribution in [1.82, 2.24) is 9.21 Å². The van der Waals surface area contributed by atoms with Crippen molar-refractivity contribution in [1.29, 1.82) is 0 Å². The van der Waals surface area contributed by atoms with Crippen LogP contribution >= 0.6 is 11.6 Å². The third kappa shape index (κ3) is 3.34. The highest BCUT2D eigenvalue weighted by Crippen LogP contribution is 2.29. The van der Waals surface area contributed by atoms with Crippen molar-refractivity contribution in [2.45, 2.75) is 11.8 Å². The van der Waals surface area contributed by atoms with Gasteiger partial charge in [0, 0.05) is 38.3 Å². The Hall–Kier alpha value is -1.22. The number of non-ortho nitro benzene ring substituents is 1. The van der Waals surface area contributed by atoms with Crippen LogP contribution in [0.1, 0.15) is 6.92 Å². The van der Waals surface area contributed by atoms with E-state index in [-0.39, 0.29) is 15.6 Å². The minimum absolute atomic E-state index is 0.00137. The number of likely N-dealkylation sites (N-methyl/N-ethyl adjacent to an activating group) is 1. The number of nitro benzene ring substituents is 1. The Kier molecular flexibility index (Phi) is 4.82. The van der Waals surface area contributed by atoms with Crippen molar-refractivity contribution >= 4 is 27.3 Å². The summed E-state index contributed by atoms with van der Waals surface area (Å²) in [7, 11) is -3.81. The number of rotatable bonds is 4. The van der Waals surface area contributed by atoms with Crippen molar-refractivity contribution in [3.63, 3.8) is 0 Å². The van der Waals surface area contributed by atoms with E-state index < -0.39 is 14.9 Å². The zero-order valence-electron chi connectivity index (χ0n) is 11.5. The summed E-state index contributed by atoms with van der Waals surface area (Å²) in [5.41, 5.74) is -0.287. The molecule has 0 amide bonds. The highest BCUT2D eigenvalue weighted by Gasteiger charge is 2.30. The number of sulfonamides is 1. The Bertz CT molecular complexity index is 642. The van der Waals surface area contributed by atoms with Crippen molar-refractivity contribution in [2.24, 2.45) is 0 Å². The minimum atomic E-state index is -3.81. The fourth-order valence-electron chi connectivity index (χ4n) is 2.23. The topological polar surface area (TPSA) is 83.8 Å². The lowest BCUT2D eigenvalue weighted by molar-refractivity contribution is -0.385. The smallest absolute Gasteiger partial charge is 0.270 e. The van der Waals surface area contributed by atoms with E-state index >= 15 is 0 Å². The first-order chi connectivity index (χ1) is 9.86. The molecule has 0 radical (unpaired) electrons. The molecule has 2 rings (SSSR count). The number of hydrogen-bond acceptors (Lipinski definition) is 5. The molecule has 7 nitrogen and oxygen atoms in total. The van der Waals surface area contributed by atoms with Gasteiger partial charge in [-0.15, -0.1) is 0 Å². The Morgan fingerprint density at radius 3 is 2.43 bits per heavy atom. The van der Waals surface area contributed by atoms with Gasteiger partial charge in [-0.3, -0.25) is 10.1 Å². The molecule has 0 atom stereocenters. The van der Waals surface area contributed by atoms with Gasteiger partial charge in [0.15, 0.2) is 0 Å². The first-order valence-corrected chi connectivity index (χ1v) is 8.34. The summed E-state index contributed by atoms with van der Waals surface area (Å²) in [6.07, 6.45) is 0. The van der Waals surface area contributed by atoms with E-state index in [1.807, 2.05) is 6.92 Å². The van der Waals surface area contributed by atoms with Gasteiger partial charge < -0.3 is 4.90 Å². The van der Waals surface area contributed by atoms with Crippen molar-refractivity contribution < 1.29 is 13.3 Å². The van der Waals surface area contributed by atoms with Gasteiger partial charge in [-0.25, -0.2) is 8.42 Å². The monoisotopic (exact) mass is 333 g/mol. The van der Waals surface area contributed by atoms with Crippen LogP contribution in [0.4, 0.5) is 5.69 Å². The van der Waals surface area contributed by atoms with E-state index in [4.69, 9.17) is 11.6 Å². The first-order valence-electron chi connectivity index (χ1n) is 6.52. The van der Waals surface area contributed by atoms with E-state index in [0.717, 1.165) is 12.6 Å².